The van der Waals surface area contributed by atoms with Crippen LogP contribution in [0.1, 0.15) is 91.6 Å². The van der Waals surface area contributed by atoms with Crippen LogP contribution in [0.5, 0.6) is 5.75 Å². The van der Waals surface area contributed by atoms with E-state index >= 15 is 0 Å². The third-order valence-corrected chi connectivity index (χ3v) is 13.1. The molecule has 1 saturated carbocycles. The number of nitriles is 1. The summed E-state index contributed by atoms with van der Waals surface area (Å²) >= 11 is 6.24. The smallest absolute Gasteiger partial charge is 0.254 e. The summed E-state index contributed by atoms with van der Waals surface area (Å²) in [5.41, 5.74) is 1.78. The van der Waals surface area contributed by atoms with Gasteiger partial charge in [-0.1, -0.05) is 39.3 Å². The second-order valence-corrected chi connectivity index (χ2v) is 17.9. The number of carbonyl (C=O) groups excluding carboxylic acids is 4. The molecule has 4 N–H and O–H groups in total. The van der Waals surface area contributed by atoms with Gasteiger partial charge in [0.05, 0.1) is 16.1 Å². The number of ether oxygens (including phenoxy) is 1. The van der Waals surface area contributed by atoms with Gasteiger partial charge in [-0.3, -0.25) is 29.4 Å². The number of aromatic nitrogens is 2. The minimum atomic E-state index is -0.775. The van der Waals surface area contributed by atoms with E-state index < -0.39 is 17.9 Å². The Morgan fingerprint density at radius 3 is 2.28 bits per heavy atom. The van der Waals surface area contributed by atoms with Crippen molar-refractivity contribution in [1.82, 2.24) is 30.8 Å². The van der Waals surface area contributed by atoms with Gasteiger partial charge in [-0.25, -0.2) is 9.97 Å². The van der Waals surface area contributed by atoms with Gasteiger partial charge in [0.1, 0.15) is 24.0 Å². The fraction of sp³-hybridized carbons (Fsp3) is 0.500. The Balaban J connectivity index is 0.830. The number of amides is 4. The van der Waals surface area contributed by atoms with E-state index in [0.29, 0.717) is 44.9 Å². The number of benzene rings is 2. The van der Waals surface area contributed by atoms with E-state index in [0.717, 1.165) is 77.0 Å². The highest BCUT2D eigenvalue weighted by Gasteiger charge is 2.64. The Hall–Kier alpha value is -5.59. The molecule has 60 heavy (non-hydrogen) atoms. The molecule has 2 aromatic carbocycles. The average Bonchev–Trinajstić information content (AvgIpc) is 3.25. The number of carbonyl (C=O) groups is 4. The second kappa shape index (κ2) is 17.6. The van der Waals surface area contributed by atoms with Crippen LogP contribution in [-0.2, 0) is 9.59 Å². The maximum absolute atomic E-state index is 13.4. The van der Waals surface area contributed by atoms with Gasteiger partial charge in [-0.2, -0.15) is 5.26 Å². The van der Waals surface area contributed by atoms with E-state index in [-0.39, 0.29) is 47.6 Å². The van der Waals surface area contributed by atoms with E-state index in [4.69, 9.17) is 21.7 Å². The number of imide groups is 1. The molecule has 4 heterocycles. The lowest BCUT2D eigenvalue weighted by atomic mass is 9.49. The Morgan fingerprint density at radius 2 is 1.65 bits per heavy atom. The molecule has 0 spiro atoms. The van der Waals surface area contributed by atoms with Crippen molar-refractivity contribution in [1.29, 1.82) is 10.7 Å². The summed E-state index contributed by atoms with van der Waals surface area (Å²) in [6, 6.07) is 11.6. The normalized spacial score (nSPS) is 22.8. The zero-order valence-electron chi connectivity index (χ0n) is 34.6. The van der Waals surface area contributed by atoms with Crippen LogP contribution in [0.2, 0.25) is 5.02 Å². The summed E-state index contributed by atoms with van der Waals surface area (Å²) in [6.07, 6.45) is 7.81. The fourth-order valence-corrected chi connectivity index (χ4v) is 9.78. The molecule has 15 nitrogen and oxygen atoms in total. The van der Waals surface area contributed by atoms with Gasteiger partial charge < -0.3 is 30.6 Å². The lowest BCUT2D eigenvalue weighted by molar-refractivity contribution is -0.164. The summed E-state index contributed by atoms with van der Waals surface area (Å²) in [5.74, 6) is 0.304. The molecule has 3 aromatic rings. The number of nitrogens with one attached hydrogen (secondary N) is 4. The Morgan fingerprint density at radius 1 is 0.950 bits per heavy atom. The molecule has 16 heteroatoms. The number of piperidine rings is 2. The molecule has 1 unspecified atom stereocenters. The van der Waals surface area contributed by atoms with E-state index in [9.17, 15) is 24.4 Å². The largest absolute Gasteiger partial charge is 0.489 e. The van der Waals surface area contributed by atoms with Crippen molar-refractivity contribution in [3.8, 4) is 11.8 Å². The van der Waals surface area contributed by atoms with Gasteiger partial charge in [0.2, 0.25) is 17.8 Å². The van der Waals surface area contributed by atoms with Gasteiger partial charge >= 0.3 is 0 Å². The second-order valence-electron chi connectivity index (χ2n) is 17.5. The first-order valence-corrected chi connectivity index (χ1v) is 21.1. The lowest BCUT2D eigenvalue weighted by Gasteiger charge is -2.63. The molecule has 4 fully saturated rings. The fourth-order valence-electron chi connectivity index (χ4n) is 9.57. The van der Waals surface area contributed by atoms with Gasteiger partial charge in [-0.15, -0.1) is 0 Å². The molecule has 7 rings (SSSR count). The van der Waals surface area contributed by atoms with Crippen LogP contribution in [0.3, 0.4) is 0 Å². The molecule has 316 valence electrons. The highest BCUT2D eigenvalue weighted by Crippen LogP contribution is 2.55. The first-order valence-electron chi connectivity index (χ1n) is 20.7. The van der Waals surface area contributed by atoms with E-state index in [1.165, 1.54) is 0 Å². The Labute approximate surface area is 355 Å². The van der Waals surface area contributed by atoms with Gasteiger partial charge in [-0.05, 0) is 68.5 Å². The van der Waals surface area contributed by atoms with Crippen molar-refractivity contribution < 1.29 is 23.9 Å². The van der Waals surface area contributed by atoms with Crippen molar-refractivity contribution in [3.05, 3.63) is 76.1 Å². The molecular weight excluding hydrogens is 784 g/mol. The SMILES string of the molecule is CC1(C)[C@H](NC(=O)c2cnc(N3CCC(CCN4CCN(c5ccc(C(=O)NC6CCC(=O)NC6=O)c(C=N)c5)CC4)CC3)nc2)C(C)(C)[C@H]1Oc1ccc(C#N)c(Cl)c1. The predicted molar refractivity (Wildman–Crippen MR) is 228 cm³/mol. The third kappa shape index (κ3) is 8.95. The third-order valence-electron chi connectivity index (χ3n) is 12.8. The van der Waals surface area contributed by atoms with Crippen molar-refractivity contribution in [2.75, 3.05) is 55.6 Å². The van der Waals surface area contributed by atoms with E-state index in [2.05, 4.69) is 74.4 Å². The Bertz CT molecular complexity index is 2160. The van der Waals surface area contributed by atoms with Gasteiger partial charge in [0.25, 0.3) is 11.8 Å². The molecular formula is C44H53ClN10O5. The van der Waals surface area contributed by atoms with Crippen LogP contribution in [0, 0.1) is 33.5 Å². The van der Waals surface area contributed by atoms with Gasteiger partial charge in [0.15, 0.2) is 0 Å². The predicted octanol–water partition coefficient (Wildman–Crippen LogP) is 4.58. The Kier molecular flexibility index (Phi) is 12.4. The molecule has 3 aliphatic heterocycles. The molecule has 1 atom stereocenters. The zero-order valence-corrected chi connectivity index (χ0v) is 35.3. The standard InChI is InChI=1S/C44H53ClN10O5/c1-43(2)40(44(3,4)41(43)60-32-7-5-28(23-46)34(45)22-32)52-37(57)30-25-48-42(49-26-30)55-15-12-27(13-16-55)11-14-53-17-19-54(20-18-53)31-6-8-33(29(21-31)24-47)38(58)50-35-9-10-36(56)51-39(35)59/h5-8,21-22,24-27,35,40-41,47H,9-20H2,1-4H3,(H,50,58)(H,52,57)(H,51,56,59)/t35?,40-,41-. The number of hydrogen-bond donors (Lipinski definition) is 4. The molecule has 4 amide bonds. The molecule has 4 aliphatic rings. The number of anilines is 2. The number of piperazine rings is 1. The van der Waals surface area contributed by atoms with E-state index in [1.807, 2.05) is 12.1 Å². The van der Waals surface area contributed by atoms with E-state index in [1.54, 1.807) is 36.7 Å². The van der Waals surface area contributed by atoms with Crippen molar-refractivity contribution in [2.24, 2.45) is 16.7 Å². The zero-order chi connectivity index (χ0) is 42.8. The summed E-state index contributed by atoms with van der Waals surface area (Å²) in [4.78, 5) is 66.1. The highest BCUT2D eigenvalue weighted by molar-refractivity contribution is 6.31. The minimum absolute atomic E-state index is 0.172. The number of nitrogens with zero attached hydrogens (tertiary/aromatic N) is 6. The molecule has 0 bridgehead atoms. The summed E-state index contributed by atoms with van der Waals surface area (Å²) in [5, 5.41) is 25.7. The summed E-state index contributed by atoms with van der Waals surface area (Å²) < 4.78 is 6.36. The van der Waals surface area contributed by atoms with Crippen LogP contribution in [0.15, 0.2) is 48.8 Å². The molecule has 0 radical (unpaired) electrons. The van der Waals surface area contributed by atoms with Crippen molar-refractivity contribution >= 4 is 53.1 Å². The van der Waals surface area contributed by atoms with Crippen LogP contribution in [0.4, 0.5) is 11.6 Å². The molecule has 1 aromatic heterocycles. The quantitative estimate of drug-likeness (QED) is 0.147. The van der Waals surface area contributed by atoms with Crippen molar-refractivity contribution in [2.45, 2.75) is 78.0 Å². The molecule has 3 saturated heterocycles. The van der Waals surface area contributed by atoms with Crippen molar-refractivity contribution in [3.63, 3.8) is 0 Å². The number of hydrogen-bond acceptors (Lipinski definition) is 12. The lowest BCUT2D eigenvalue weighted by Crippen LogP contribution is -2.74. The average molecular weight is 837 g/mol. The van der Waals surface area contributed by atoms with Crippen LogP contribution < -0.4 is 30.5 Å². The molecule has 1 aliphatic carbocycles. The topological polar surface area (TPSA) is 197 Å². The highest BCUT2D eigenvalue weighted by atomic mass is 35.5. The maximum Gasteiger partial charge on any atom is 0.254 e. The maximum atomic E-state index is 13.4. The summed E-state index contributed by atoms with van der Waals surface area (Å²) in [7, 11) is 0. The first-order chi connectivity index (χ1) is 28.7. The van der Waals surface area contributed by atoms with Gasteiger partial charge in [0, 0.05) is 104 Å². The monoisotopic (exact) mass is 836 g/mol. The minimum Gasteiger partial charge on any atom is -0.489 e. The van der Waals surface area contributed by atoms with Crippen LogP contribution in [-0.4, -0.2) is 109 Å². The van der Waals surface area contributed by atoms with Crippen LogP contribution >= 0.6 is 11.6 Å². The van der Waals surface area contributed by atoms with Crippen LogP contribution in [0.25, 0.3) is 0 Å². The summed E-state index contributed by atoms with van der Waals surface area (Å²) in [6.45, 7) is 14.5. The first kappa shape index (κ1) is 42.5. The number of halogens is 1. The number of rotatable bonds is 12.